The summed E-state index contributed by atoms with van der Waals surface area (Å²) in [6.07, 6.45) is 4.52. The predicted octanol–water partition coefficient (Wildman–Crippen LogP) is 1.73. The Kier molecular flexibility index (Phi) is 5.40. The predicted molar refractivity (Wildman–Crippen MR) is 114 cm³/mol. The van der Waals surface area contributed by atoms with Crippen LogP contribution in [-0.4, -0.2) is 73.5 Å². The highest BCUT2D eigenvalue weighted by Crippen LogP contribution is 2.14. The van der Waals surface area contributed by atoms with Gasteiger partial charge in [0.1, 0.15) is 23.7 Å². The van der Waals surface area contributed by atoms with Crippen LogP contribution in [0.5, 0.6) is 0 Å². The highest BCUT2D eigenvalue weighted by Gasteiger charge is 2.21. The summed E-state index contributed by atoms with van der Waals surface area (Å²) in [6, 6.07) is 13.9. The average Bonchev–Trinajstić information content (AvgIpc) is 3.50. The molecule has 0 N–H and O–H groups in total. The maximum Gasteiger partial charge on any atom is 0.227 e. The van der Waals surface area contributed by atoms with E-state index in [1.807, 2.05) is 41.3 Å². The Morgan fingerprint density at radius 1 is 0.935 bits per heavy atom. The quantitative estimate of drug-likeness (QED) is 0.472. The highest BCUT2D eigenvalue weighted by molar-refractivity contribution is 5.79. The Labute approximate surface area is 179 Å². The molecule has 0 atom stereocenters. The van der Waals surface area contributed by atoms with Crippen molar-refractivity contribution in [1.82, 2.24) is 34.9 Å². The first-order valence-electron chi connectivity index (χ1n) is 10.4. The Morgan fingerprint density at radius 2 is 1.71 bits per heavy atom. The lowest BCUT2D eigenvalue weighted by molar-refractivity contribution is -0.132. The van der Waals surface area contributed by atoms with Gasteiger partial charge in [-0.3, -0.25) is 9.69 Å². The molecule has 0 spiro atoms. The summed E-state index contributed by atoms with van der Waals surface area (Å²) in [5.41, 5.74) is 4.73. The first-order valence-corrected chi connectivity index (χ1v) is 10.4. The number of hydrogen-bond acceptors (Lipinski definition) is 7. The van der Waals surface area contributed by atoms with Crippen LogP contribution in [-0.2, 0) is 17.6 Å². The minimum absolute atomic E-state index is 0.178. The van der Waals surface area contributed by atoms with E-state index in [0.717, 1.165) is 61.4 Å². The molecule has 5 rings (SSSR count). The normalized spacial score (nSPS) is 14.9. The summed E-state index contributed by atoms with van der Waals surface area (Å²) in [6.45, 7) is 4.28. The molecule has 0 aliphatic carbocycles. The third-order valence-electron chi connectivity index (χ3n) is 5.73. The van der Waals surface area contributed by atoms with Gasteiger partial charge in [-0.1, -0.05) is 18.2 Å². The van der Waals surface area contributed by atoms with Crippen molar-refractivity contribution in [3.63, 3.8) is 0 Å². The van der Waals surface area contributed by atoms with Crippen LogP contribution in [0.15, 0.2) is 59.7 Å². The molecule has 1 aliphatic rings. The van der Waals surface area contributed by atoms with Crippen molar-refractivity contribution >= 4 is 16.9 Å². The van der Waals surface area contributed by atoms with Crippen LogP contribution in [0.4, 0.5) is 0 Å². The monoisotopic (exact) mass is 417 g/mol. The van der Waals surface area contributed by atoms with Gasteiger partial charge in [-0.25, -0.2) is 14.3 Å². The molecule has 0 radical (unpaired) electrons. The third kappa shape index (κ3) is 4.46. The van der Waals surface area contributed by atoms with E-state index in [4.69, 9.17) is 4.63 Å². The third-order valence-corrected chi connectivity index (χ3v) is 5.73. The number of fused-ring (bicyclic) bond motifs is 1. The summed E-state index contributed by atoms with van der Waals surface area (Å²) in [5, 5.41) is 11.9. The molecule has 1 saturated heterocycles. The molecule has 1 aliphatic heterocycles. The number of rotatable bonds is 6. The molecule has 0 unspecified atom stereocenters. The van der Waals surface area contributed by atoms with E-state index in [-0.39, 0.29) is 5.91 Å². The van der Waals surface area contributed by atoms with Crippen molar-refractivity contribution in [2.75, 3.05) is 32.7 Å². The van der Waals surface area contributed by atoms with E-state index >= 15 is 0 Å². The van der Waals surface area contributed by atoms with E-state index in [2.05, 4.69) is 31.4 Å². The molecule has 4 aromatic rings. The second-order valence-electron chi connectivity index (χ2n) is 7.74. The van der Waals surface area contributed by atoms with Crippen LogP contribution in [0, 0.1) is 0 Å². The fourth-order valence-electron chi connectivity index (χ4n) is 3.89. The second kappa shape index (κ2) is 8.65. The zero-order chi connectivity index (χ0) is 21.0. The molecule has 0 bridgehead atoms. The van der Waals surface area contributed by atoms with E-state index in [0.29, 0.717) is 6.42 Å². The zero-order valence-electron chi connectivity index (χ0n) is 17.1. The summed E-state index contributed by atoms with van der Waals surface area (Å²) in [4.78, 5) is 21.1. The molecular weight excluding hydrogens is 394 g/mol. The van der Waals surface area contributed by atoms with Crippen molar-refractivity contribution < 1.29 is 9.42 Å². The van der Waals surface area contributed by atoms with Crippen molar-refractivity contribution in [1.29, 1.82) is 0 Å². The lowest BCUT2D eigenvalue weighted by Crippen LogP contribution is -2.49. The molecule has 9 nitrogen and oxygen atoms in total. The van der Waals surface area contributed by atoms with E-state index in [1.165, 1.54) is 11.9 Å². The minimum Gasteiger partial charge on any atom is -0.340 e. The smallest absolute Gasteiger partial charge is 0.227 e. The van der Waals surface area contributed by atoms with Gasteiger partial charge in [-0.15, -0.1) is 0 Å². The topological polar surface area (TPSA) is 93.2 Å². The van der Waals surface area contributed by atoms with Crippen LogP contribution in [0.1, 0.15) is 11.1 Å². The van der Waals surface area contributed by atoms with E-state index < -0.39 is 0 Å². The minimum atomic E-state index is 0.178. The van der Waals surface area contributed by atoms with Gasteiger partial charge in [0.05, 0.1) is 12.1 Å². The molecule has 2 aromatic carbocycles. The van der Waals surface area contributed by atoms with Crippen LogP contribution >= 0.6 is 0 Å². The Bertz CT molecular complexity index is 1150. The number of nitrogens with zero attached hydrogens (tertiary/aromatic N) is 7. The lowest BCUT2D eigenvalue weighted by atomic mass is 10.1. The number of carbonyl (C=O) groups is 1. The van der Waals surface area contributed by atoms with Gasteiger partial charge in [0.25, 0.3) is 0 Å². The number of hydrogen-bond donors (Lipinski definition) is 0. The maximum absolute atomic E-state index is 12.7. The summed E-state index contributed by atoms with van der Waals surface area (Å²) in [7, 11) is 0. The summed E-state index contributed by atoms with van der Waals surface area (Å²) in [5.74, 6) is 0.178. The van der Waals surface area contributed by atoms with Crippen molar-refractivity contribution in [2.24, 2.45) is 0 Å². The first kappa shape index (κ1) is 19.4. The van der Waals surface area contributed by atoms with Crippen molar-refractivity contribution in [2.45, 2.75) is 12.8 Å². The van der Waals surface area contributed by atoms with Crippen molar-refractivity contribution in [3.05, 3.63) is 66.2 Å². The molecule has 1 fully saturated rings. The van der Waals surface area contributed by atoms with Gasteiger partial charge >= 0.3 is 0 Å². The number of benzene rings is 2. The number of piperazine rings is 1. The lowest BCUT2D eigenvalue weighted by Gasteiger charge is -2.34. The Morgan fingerprint density at radius 3 is 2.48 bits per heavy atom. The SMILES string of the molecule is O=C(Cc1ccc(-n2cncn2)cc1)N1CCN(CCc2ccc3nonc3c2)CC1. The van der Waals surface area contributed by atoms with Gasteiger partial charge in [-0.2, -0.15) is 5.10 Å². The Hall–Kier alpha value is -3.59. The molecule has 1 amide bonds. The van der Waals surface area contributed by atoms with Crippen molar-refractivity contribution in [3.8, 4) is 5.69 Å². The molecule has 158 valence electrons. The van der Waals surface area contributed by atoms with Gasteiger partial charge in [0.2, 0.25) is 5.91 Å². The standard InChI is InChI=1S/C22H23N7O2/c30-22(14-17-1-4-19(5-2-17)29-16-23-15-24-29)28-11-9-27(10-12-28)8-7-18-3-6-20-21(13-18)26-31-25-20/h1-6,13,15-16H,7-12,14H2. The fraction of sp³-hybridized carbons (Fsp3) is 0.318. The van der Waals surface area contributed by atoms with Gasteiger partial charge in [0.15, 0.2) is 0 Å². The fourth-order valence-corrected chi connectivity index (χ4v) is 3.89. The number of aromatic nitrogens is 5. The average molecular weight is 417 g/mol. The molecule has 2 aromatic heterocycles. The van der Waals surface area contributed by atoms with Crippen LogP contribution < -0.4 is 0 Å². The molecule has 3 heterocycles. The van der Waals surface area contributed by atoms with Crippen LogP contribution in [0.2, 0.25) is 0 Å². The molecule has 0 saturated carbocycles. The van der Waals surface area contributed by atoms with Gasteiger partial charge < -0.3 is 4.90 Å². The van der Waals surface area contributed by atoms with Crippen LogP contribution in [0.3, 0.4) is 0 Å². The first-order chi connectivity index (χ1) is 15.2. The second-order valence-corrected chi connectivity index (χ2v) is 7.74. The zero-order valence-corrected chi connectivity index (χ0v) is 17.1. The van der Waals surface area contributed by atoms with E-state index in [9.17, 15) is 4.79 Å². The molecular formula is C22H23N7O2. The number of amides is 1. The highest BCUT2D eigenvalue weighted by atomic mass is 16.6. The van der Waals surface area contributed by atoms with Crippen LogP contribution in [0.25, 0.3) is 16.7 Å². The van der Waals surface area contributed by atoms with Gasteiger partial charge in [0, 0.05) is 32.7 Å². The largest absolute Gasteiger partial charge is 0.340 e. The number of carbonyl (C=O) groups excluding carboxylic acids is 1. The van der Waals surface area contributed by atoms with Gasteiger partial charge in [-0.05, 0) is 52.1 Å². The maximum atomic E-state index is 12.7. The summed E-state index contributed by atoms with van der Waals surface area (Å²) < 4.78 is 6.46. The molecule has 9 heteroatoms. The molecule has 31 heavy (non-hydrogen) atoms. The van der Waals surface area contributed by atoms with E-state index in [1.54, 1.807) is 11.0 Å². The summed E-state index contributed by atoms with van der Waals surface area (Å²) >= 11 is 0. The Balaban J connectivity index is 1.09.